The second-order valence-electron chi connectivity index (χ2n) is 5.26. The molecule has 0 saturated heterocycles. The van der Waals surface area contributed by atoms with Crippen molar-refractivity contribution in [2.45, 2.75) is 44.7 Å². The Bertz CT molecular complexity index is 422. The molecule has 104 valence electrons. The normalized spacial score (nSPS) is 17.5. The molecular formula is C15H22ClN3. The van der Waals surface area contributed by atoms with Gasteiger partial charge in [-0.3, -0.25) is 0 Å². The van der Waals surface area contributed by atoms with Crippen LogP contribution in [0.5, 0.6) is 0 Å². The van der Waals surface area contributed by atoms with Gasteiger partial charge in [0.2, 0.25) is 0 Å². The van der Waals surface area contributed by atoms with E-state index in [0.717, 1.165) is 11.6 Å². The lowest BCUT2D eigenvalue weighted by molar-refractivity contribution is 0.428. The summed E-state index contributed by atoms with van der Waals surface area (Å²) in [5, 5.41) is 0.759. The van der Waals surface area contributed by atoms with Gasteiger partial charge in [0.15, 0.2) is 5.96 Å². The first-order valence-corrected chi connectivity index (χ1v) is 7.32. The van der Waals surface area contributed by atoms with Crippen molar-refractivity contribution in [2.75, 3.05) is 7.05 Å². The summed E-state index contributed by atoms with van der Waals surface area (Å²) in [4.78, 5) is 6.64. The van der Waals surface area contributed by atoms with Crippen molar-refractivity contribution in [3.05, 3.63) is 34.9 Å². The topological polar surface area (TPSA) is 41.6 Å². The minimum absolute atomic E-state index is 0.418. The van der Waals surface area contributed by atoms with Crippen molar-refractivity contribution in [3.63, 3.8) is 0 Å². The minimum Gasteiger partial charge on any atom is -0.370 e. The van der Waals surface area contributed by atoms with Crippen LogP contribution >= 0.6 is 11.6 Å². The van der Waals surface area contributed by atoms with Crippen molar-refractivity contribution >= 4 is 17.6 Å². The van der Waals surface area contributed by atoms with Gasteiger partial charge in [-0.25, -0.2) is 4.99 Å². The Labute approximate surface area is 120 Å². The average molecular weight is 280 g/mol. The Morgan fingerprint density at radius 2 is 1.89 bits per heavy atom. The van der Waals surface area contributed by atoms with Crippen LogP contribution in [0, 0.1) is 0 Å². The highest BCUT2D eigenvalue weighted by molar-refractivity contribution is 6.30. The Kier molecular flexibility index (Phi) is 5.08. The standard InChI is InChI=1S/C15H22ClN3/c1-19(11-12-7-9-13(16)10-8-12)15(17)18-14-5-3-2-4-6-14/h7-10,14H,2-6,11H2,1H3,(H2,17,18). The number of guanidine groups is 1. The molecule has 0 bridgehead atoms. The maximum absolute atomic E-state index is 6.08. The van der Waals surface area contributed by atoms with Crippen LogP contribution in [-0.2, 0) is 6.54 Å². The molecule has 0 atom stereocenters. The Balaban J connectivity index is 1.92. The molecular weight excluding hydrogens is 258 g/mol. The Morgan fingerprint density at radius 3 is 2.53 bits per heavy atom. The van der Waals surface area contributed by atoms with E-state index in [9.17, 15) is 0 Å². The number of benzene rings is 1. The van der Waals surface area contributed by atoms with E-state index in [2.05, 4.69) is 4.99 Å². The Morgan fingerprint density at radius 1 is 1.26 bits per heavy atom. The van der Waals surface area contributed by atoms with E-state index in [1.807, 2.05) is 36.2 Å². The molecule has 3 nitrogen and oxygen atoms in total. The molecule has 2 N–H and O–H groups in total. The van der Waals surface area contributed by atoms with Crippen LogP contribution in [0.25, 0.3) is 0 Å². The molecule has 1 aliphatic carbocycles. The van der Waals surface area contributed by atoms with E-state index in [0.29, 0.717) is 12.0 Å². The minimum atomic E-state index is 0.418. The molecule has 19 heavy (non-hydrogen) atoms. The predicted molar refractivity (Wildman–Crippen MR) is 81.4 cm³/mol. The lowest BCUT2D eigenvalue weighted by atomic mass is 9.96. The van der Waals surface area contributed by atoms with E-state index in [1.165, 1.54) is 37.7 Å². The van der Waals surface area contributed by atoms with E-state index in [4.69, 9.17) is 17.3 Å². The molecule has 0 aromatic heterocycles. The van der Waals surface area contributed by atoms with Gasteiger partial charge in [0.1, 0.15) is 0 Å². The molecule has 0 spiro atoms. The first kappa shape index (κ1) is 14.2. The zero-order valence-electron chi connectivity index (χ0n) is 11.5. The Hall–Kier alpha value is -1.22. The molecule has 2 rings (SSSR count). The van der Waals surface area contributed by atoms with Gasteiger partial charge in [-0.15, -0.1) is 0 Å². The van der Waals surface area contributed by atoms with Crippen molar-refractivity contribution in [1.29, 1.82) is 0 Å². The van der Waals surface area contributed by atoms with Crippen LogP contribution in [0.1, 0.15) is 37.7 Å². The zero-order valence-corrected chi connectivity index (χ0v) is 12.2. The van der Waals surface area contributed by atoms with Crippen LogP contribution in [-0.4, -0.2) is 23.9 Å². The number of rotatable bonds is 3. The summed E-state index contributed by atoms with van der Waals surface area (Å²) in [6.07, 6.45) is 6.25. The molecule has 1 aromatic carbocycles. The molecule has 4 heteroatoms. The molecule has 0 radical (unpaired) electrons. The van der Waals surface area contributed by atoms with Crippen molar-refractivity contribution in [1.82, 2.24) is 4.90 Å². The highest BCUT2D eigenvalue weighted by Gasteiger charge is 2.13. The fourth-order valence-corrected chi connectivity index (χ4v) is 2.57. The van der Waals surface area contributed by atoms with Gasteiger partial charge in [0.25, 0.3) is 0 Å². The SMILES string of the molecule is CN(Cc1ccc(Cl)cc1)C(N)=NC1CCCCC1. The largest absolute Gasteiger partial charge is 0.370 e. The summed E-state index contributed by atoms with van der Waals surface area (Å²) in [6, 6.07) is 8.26. The second kappa shape index (κ2) is 6.80. The number of hydrogen-bond donors (Lipinski definition) is 1. The number of hydrogen-bond acceptors (Lipinski definition) is 1. The van der Waals surface area contributed by atoms with E-state index < -0.39 is 0 Å². The third-order valence-electron chi connectivity index (χ3n) is 3.61. The van der Waals surface area contributed by atoms with Gasteiger partial charge in [-0.2, -0.15) is 0 Å². The summed E-state index contributed by atoms with van der Waals surface area (Å²) in [7, 11) is 1.98. The molecule has 1 aromatic rings. The summed E-state index contributed by atoms with van der Waals surface area (Å²) in [5.41, 5.74) is 7.26. The maximum atomic E-state index is 6.08. The predicted octanol–water partition coefficient (Wildman–Crippen LogP) is 3.42. The molecule has 1 fully saturated rings. The van der Waals surface area contributed by atoms with Crippen molar-refractivity contribution in [3.8, 4) is 0 Å². The van der Waals surface area contributed by atoms with Crippen LogP contribution in [0.2, 0.25) is 5.02 Å². The van der Waals surface area contributed by atoms with Gasteiger partial charge in [0, 0.05) is 18.6 Å². The lowest BCUT2D eigenvalue weighted by Crippen LogP contribution is -2.35. The number of aliphatic imine (C=N–C) groups is 1. The highest BCUT2D eigenvalue weighted by atomic mass is 35.5. The smallest absolute Gasteiger partial charge is 0.191 e. The summed E-state index contributed by atoms with van der Waals surface area (Å²) >= 11 is 5.88. The summed E-state index contributed by atoms with van der Waals surface area (Å²) < 4.78 is 0. The quantitative estimate of drug-likeness (QED) is 0.680. The third kappa shape index (κ3) is 4.43. The first-order valence-electron chi connectivity index (χ1n) is 6.94. The van der Waals surface area contributed by atoms with Gasteiger partial charge in [-0.05, 0) is 30.5 Å². The average Bonchev–Trinajstić information content (AvgIpc) is 2.42. The van der Waals surface area contributed by atoms with E-state index >= 15 is 0 Å². The first-order chi connectivity index (χ1) is 9.15. The van der Waals surface area contributed by atoms with E-state index in [-0.39, 0.29) is 0 Å². The van der Waals surface area contributed by atoms with Gasteiger partial charge < -0.3 is 10.6 Å². The lowest BCUT2D eigenvalue weighted by Gasteiger charge is -2.22. The molecule has 0 aliphatic heterocycles. The highest BCUT2D eigenvalue weighted by Crippen LogP contribution is 2.20. The van der Waals surface area contributed by atoms with Crippen LogP contribution in [0.4, 0.5) is 0 Å². The van der Waals surface area contributed by atoms with Gasteiger partial charge >= 0.3 is 0 Å². The summed E-state index contributed by atoms with van der Waals surface area (Å²) in [5.74, 6) is 0.641. The number of nitrogens with two attached hydrogens (primary N) is 1. The van der Waals surface area contributed by atoms with Crippen LogP contribution < -0.4 is 5.73 Å². The van der Waals surface area contributed by atoms with Crippen LogP contribution in [0.15, 0.2) is 29.3 Å². The van der Waals surface area contributed by atoms with Crippen molar-refractivity contribution in [2.24, 2.45) is 10.7 Å². The summed E-state index contributed by atoms with van der Waals surface area (Å²) in [6.45, 7) is 0.763. The van der Waals surface area contributed by atoms with Gasteiger partial charge in [0.05, 0.1) is 6.04 Å². The third-order valence-corrected chi connectivity index (χ3v) is 3.87. The van der Waals surface area contributed by atoms with E-state index in [1.54, 1.807) is 0 Å². The van der Waals surface area contributed by atoms with Gasteiger partial charge in [-0.1, -0.05) is 43.0 Å². The molecule has 0 unspecified atom stereocenters. The second-order valence-corrected chi connectivity index (χ2v) is 5.70. The van der Waals surface area contributed by atoms with Crippen molar-refractivity contribution < 1.29 is 0 Å². The molecule has 0 amide bonds. The number of halogens is 1. The van der Waals surface area contributed by atoms with Crippen LogP contribution in [0.3, 0.4) is 0 Å². The molecule has 0 heterocycles. The fourth-order valence-electron chi connectivity index (χ4n) is 2.44. The molecule has 1 saturated carbocycles. The fraction of sp³-hybridized carbons (Fsp3) is 0.533. The molecule has 1 aliphatic rings. The monoisotopic (exact) mass is 279 g/mol. The maximum Gasteiger partial charge on any atom is 0.191 e. The zero-order chi connectivity index (χ0) is 13.7. The number of nitrogens with zero attached hydrogens (tertiary/aromatic N) is 2.